The smallest absolute Gasteiger partial charge is 0.230 e. The number of hydrogen-bond acceptors (Lipinski definition) is 4. The number of methoxy groups -OCH3 is 1. The van der Waals surface area contributed by atoms with Gasteiger partial charge in [-0.3, -0.25) is 10.1 Å². The van der Waals surface area contributed by atoms with Gasteiger partial charge in [0.15, 0.2) is 0 Å². The second kappa shape index (κ2) is 7.19. The minimum absolute atomic E-state index is 0.106. The fourth-order valence-electron chi connectivity index (χ4n) is 4.68. The first-order valence-electron chi connectivity index (χ1n) is 10.3. The highest BCUT2D eigenvalue weighted by molar-refractivity contribution is 5.95. The van der Waals surface area contributed by atoms with Gasteiger partial charge in [-0.2, -0.15) is 0 Å². The number of aromatic nitrogens is 2. The average Bonchev–Trinajstić information content (AvgIpc) is 3.34. The SMILES string of the molecule is COc1cccc(Cn2c(NC(=O)C3CC34CCNCC4)nc3ccccc32)c1. The molecule has 2 N–H and O–H groups in total. The standard InChI is InChI=1S/C23H26N4O2/c1-29-17-6-4-5-16(13-17)15-27-20-8-3-2-7-19(20)25-22(27)26-21(28)18-14-23(18)9-11-24-12-10-23/h2-8,13,18,24H,9-12,14-15H2,1H3,(H,25,26,28). The van der Waals surface area contributed by atoms with E-state index in [1.54, 1.807) is 7.11 Å². The van der Waals surface area contributed by atoms with Crippen LogP contribution in [0.1, 0.15) is 24.8 Å². The summed E-state index contributed by atoms with van der Waals surface area (Å²) in [5.74, 6) is 1.65. The van der Waals surface area contributed by atoms with E-state index in [1.165, 1.54) is 0 Å². The Bertz CT molecular complexity index is 1050. The maximum atomic E-state index is 13.0. The summed E-state index contributed by atoms with van der Waals surface area (Å²) < 4.78 is 7.44. The van der Waals surface area contributed by atoms with E-state index in [2.05, 4.69) is 21.3 Å². The van der Waals surface area contributed by atoms with Crippen LogP contribution in [0.4, 0.5) is 5.95 Å². The van der Waals surface area contributed by atoms with E-state index in [4.69, 9.17) is 9.72 Å². The number of piperidine rings is 1. The molecular formula is C23H26N4O2. The Morgan fingerprint density at radius 3 is 2.90 bits per heavy atom. The Kier molecular flexibility index (Phi) is 4.51. The number of nitrogens with one attached hydrogen (secondary N) is 2. The number of fused-ring (bicyclic) bond motifs is 1. The molecule has 1 aliphatic carbocycles. The number of amides is 1. The van der Waals surface area contributed by atoms with Crippen LogP contribution in [0.25, 0.3) is 11.0 Å². The summed E-state index contributed by atoms with van der Waals surface area (Å²) in [4.78, 5) is 17.7. The maximum absolute atomic E-state index is 13.0. The molecule has 3 aromatic rings. The molecule has 1 atom stereocenters. The minimum Gasteiger partial charge on any atom is -0.497 e. The number of para-hydroxylation sites is 2. The van der Waals surface area contributed by atoms with Crippen molar-refractivity contribution in [1.29, 1.82) is 0 Å². The van der Waals surface area contributed by atoms with Gasteiger partial charge in [0.05, 0.1) is 24.7 Å². The monoisotopic (exact) mass is 390 g/mol. The van der Waals surface area contributed by atoms with E-state index in [-0.39, 0.29) is 17.2 Å². The first kappa shape index (κ1) is 18.2. The number of carbonyl (C=O) groups is 1. The molecule has 0 bridgehead atoms. The lowest BCUT2D eigenvalue weighted by Crippen LogP contribution is -2.32. The zero-order valence-electron chi connectivity index (χ0n) is 16.6. The molecule has 1 aromatic heterocycles. The lowest BCUT2D eigenvalue weighted by molar-refractivity contribution is -0.118. The highest BCUT2D eigenvalue weighted by Crippen LogP contribution is 2.58. The van der Waals surface area contributed by atoms with Crippen LogP contribution < -0.4 is 15.4 Å². The van der Waals surface area contributed by atoms with Gasteiger partial charge in [-0.25, -0.2) is 4.98 Å². The summed E-state index contributed by atoms with van der Waals surface area (Å²) in [6.07, 6.45) is 3.17. The molecule has 29 heavy (non-hydrogen) atoms. The van der Waals surface area contributed by atoms with Gasteiger partial charge < -0.3 is 14.6 Å². The molecule has 6 heteroatoms. The van der Waals surface area contributed by atoms with Crippen LogP contribution in [0.15, 0.2) is 48.5 Å². The van der Waals surface area contributed by atoms with Gasteiger partial charge in [-0.15, -0.1) is 0 Å². The van der Waals surface area contributed by atoms with E-state index in [0.29, 0.717) is 12.5 Å². The molecule has 2 aliphatic rings. The first-order valence-corrected chi connectivity index (χ1v) is 10.3. The van der Waals surface area contributed by atoms with Crippen molar-refractivity contribution in [1.82, 2.24) is 14.9 Å². The fourth-order valence-corrected chi connectivity index (χ4v) is 4.68. The van der Waals surface area contributed by atoms with Crippen molar-refractivity contribution in [3.8, 4) is 5.75 Å². The van der Waals surface area contributed by atoms with E-state index in [9.17, 15) is 4.79 Å². The molecule has 0 radical (unpaired) electrons. The maximum Gasteiger partial charge on any atom is 0.230 e. The molecule has 2 heterocycles. The quantitative estimate of drug-likeness (QED) is 0.700. The Hall–Kier alpha value is -2.86. The predicted molar refractivity (Wildman–Crippen MR) is 113 cm³/mol. The van der Waals surface area contributed by atoms with E-state index >= 15 is 0 Å². The minimum atomic E-state index is 0.106. The Morgan fingerprint density at radius 2 is 2.07 bits per heavy atom. The van der Waals surface area contributed by atoms with Crippen molar-refractivity contribution in [3.05, 3.63) is 54.1 Å². The predicted octanol–water partition coefficient (Wildman–Crippen LogP) is 3.42. The summed E-state index contributed by atoms with van der Waals surface area (Å²) in [7, 11) is 1.67. The summed E-state index contributed by atoms with van der Waals surface area (Å²) in [6.45, 7) is 2.64. The molecule has 150 valence electrons. The van der Waals surface area contributed by atoms with Gasteiger partial charge in [-0.05, 0) is 67.6 Å². The number of imidazole rings is 1. The molecule has 1 aliphatic heterocycles. The van der Waals surface area contributed by atoms with Crippen LogP contribution in [-0.4, -0.2) is 35.7 Å². The van der Waals surface area contributed by atoms with Crippen LogP contribution in [0, 0.1) is 11.3 Å². The van der Waals surface area contributed by atoms with Gasteiger partial charge in [0, 0.05) is 5.92 Å². The van der Waals surface area contributed by atoms with Gasteiger partial charge in [-0.1, -0.05) is 24.3 Å². The van der Waals surface area contributed by atoms with E-state index in [1.807, 2.05) is 42.5 Å². The summed E-state index contributed by atoms with van der Waals surface area (Å²) in [5, 5.41) is 6.54. The van der Waals surface area contributed by atoms with E-state index < -0.39 is 0 Å². The van der Waals surface area contributed by atoms with Gasteiger partial charge in [0.2, 0.25) is 11.9 Å². The third kappa shape index (κ3) is 3.38. The number of hydrogen-bond donors (Lipinski definition) is 2. The van der Waals surface area contributed by atoms with Crippen LogP contribution in [0.3, 0.4) is 0 Å². The molecule has 1 unspecified atom stereocenters. The van der Waals surface area contributed by atoms with Gasteiger partial charge in [0.25, 0.3) is 0 Å². The largest absolute Gasteiger partial charge is 0.497 e. The van der Waals surface area contributed by atoms with Crippen LogP contribution >= 0.6 is 0 Å². The molecular weight excluding hydrogens is 364 g/mol. The number of rotatable bonds is 5. The summed E-state index contributed by atoms with van der Waals surface area (Å²) >= 11 is 0. The van der Waals surface area contributed by atoms with Crippen LogP contribution in [0.2, 0.25) is 0 Å². The van der Waals surface area contributed by atoms with Gasteiger partial charge in [0.1, 0.15) is 5.75 Å². The van der Waals surface area contributed by atoms with Crippen molar-refractivity contribution in [2.75, 3.05) is 25.5 Å². The molecule has 1 saturated carbocycles. The highest BCUT2D eigenvalue weighted by Gasteiger charge is 2.57. The highest BCUT2D eigenvalue weighted by atomic mass is 16.5. The molecule has 1 saturated heterocycles. The lowest BCUT2D eigenvalue weighted by atomic mass is 9.92. The molecule has 2 aromatic carbocycles. The zero-order valence-corrected chi connectivity index (χ0v) is 16.6. The number of anilines is 1. The first-order chi connectivity index (χ1) is 14.2. The van der Waals surface area contributed by atoms with Crippen molar-refractivity contribution < 1.29 is 9.53 Å². The van der Waals surface area contributed by atoms with Crippen molar-refractivity contribution >= 4 is 22.9 Å². The Balaban J connectivity index is 1.43. The average molecular weight is 390 g/mol. The summed E-state index contributed by atoms with van der Waals surface area (Å²) in [5.41, 5.74) is 3.21. The van der Waals surface area contributed by atoms with Crippen LogP contribution in [-0.2, 0) is 11.3 Å². The van der Waals surface area contributed by atoms with Crippen molar-refractivity contribution in [2.45, 2.75) is 25.8 Å². The van der Waals surface area contributed by atoms with Crippen molar-refractivity contribution in [3.63, 3.8) is 0 Å². The molecule has 2 fully saturated rings. The number of nitrogens with zero attached hydrogens (tertiary/aromatic N) is 2. The number of ether oxygens (including phenoxy) is 1. The molecule has 1 spiro atoms. The summed E-state index contributed by atoms with van der Waals surface area (Å²) in [6, 6.07) is 16.0. The normalized spacial score (nSPS) is 20.0. The lowest BCUT2D eigenvalue weighted by Gasteiger charge is -2.23. The van der Waals surface area contributed by atoms with Crippen molar-refractivity contribution in [2.24, 2.45) is 11.3 Å². The number of carbonyl (C=O) groups excluding carboxylic acids is 1. The molecule has 5 rings (SSSR count). The second-order valence-corrected chi connectivity index (χ2v) is 8.22. The third-order valence-electron chi connectivity index (χ3n) is 6.47. The Labute approximate surface area is 170 Å². The zero-order chi connectivity index (χ0) is 19.8. The fraction of sp³-hybridized carbons (Fsp3) is 0.391. The van der Waals surface area contributed by atoms with Gasteiger partial charge >= 0.3 is 0 Å². The third-order valence-corrected chi connectivity index (χ3v) is 6.47. The second-order valence-electron chi connectivity index (χ2n) is 8.22. The topological polar surface area (TPSA) is 68.2 Å². The number of benzene rings is 2. The molecule has 1 amide bonds. The Morgan fingerprint density at radius 1 is 1.24 bits per heavy atom. The van der Waals surface area contributed by atoms with Crippen LogP contribution in [0.5, 0.6) is 5.75 Å². The van der Waals surface area contributed by atoms with E-state index in [0.717, 1.165) is 54.7 Å². The molecule has 6 nitrogen and oxygen atoms in total.